The summed E-state index contributed by atoms with van der Waals surface area (Å²) in [7, 11) is 0. The third-order valence-corrected chi connectivity index (χ3v) is 5.29. The van der Waals surface area contributed by atoms with Gasteiger partial charge in [-0.2, -0.15) is 23.5 Å². The van der Waals surface area contributed by atoms with Crippen LogP contribution in [0.4, 0.5) is 0 Å². The number of amides is 3. The monoisotopic (exact) mass is 452 g/mol. The van der Waals surface area contributed by atoms with Crippen molar-refractivity contribution in [3.05, 3.63) is 0 Å². The summed E-state index contributed by atoms with van der Waals surface area (Å²) < 4.78 is 0. The Labute approximate surface area is 179 Å². The fourth-order valence-corrected chi connectivity index (χ4v) is 3.14. The second kappa shape index (κ2) is 14.5. The Balaban J connectivity index is 5.16. The molecule has 0 rings (SSSR count). The smallest absolute Gasteiger partial charge is 0.325 e. The summed E-state index contributed by atoms with van der Waals surface area (Å²) in [6.07, 6.45) is 3.22. The molecule has 0 fully saturated rings. The highest BCUT2D eigenvalue weighted by molar-refractivity contribution is 7.98. The maximum absolute atomic E-state index is 12.7. The van der Waals surface area contributed by atoms with Crippen LogP contribution < -0.4 is 21.7 Å². The number of hydrogen-bond donors (Lipinski definition) is 6. The zero-order chi connectivity index (χ0) is 22.6. The van der Waals surface area contributed by atoms with Crippen LogP contribution in [0, 0.1) is 0 Å². The number of nitrogens with one attached hydrogen (secondary N) is 3. The molecule has 0 saturated heterocycles. The first-order valence-corrected chi connectivity index (χ1v) is 11.9. The second-order valence-electron chi connectivity index (χ2n) is 6.53. The second-order valence-corrected chi connectivity index (χ2v) is 8.50. The Morgan fingerprint density at radius 1 is 0.897 bits per heavy atom. The van der Waals surface area contributed by atoms with Gasteiger partial charge in [0.15, 0.2) is 0 Å². The summed E-state index contributed by atoms with van der Waals surface area (Å²) >= 11 is 3.03. The lowest BCUT2D eigenvalue weighted by molar-refractivity contribution is -0.142. The first-order valence-electron chi connectivity index (χ1n) is 9.10. The zero-order valence-electron chi connectivity index (χ0n) is 17.1. The molecule has 10 nitrogen and oxygen atoms in total. The Morgan fingerprint density at radius 3 is 1.93 bits per heavy atom. The van der Waals surface area contributed by atoms with Gasteiger partial charge in [-0.25, -0.2) is 0 Å². The Hall–Kier alpha value is -1.50. The molecule has 7 N–H and O–H groups in total. The molecule has 0 spiro atoms. The highest BCUT2D eigenvalue weighted by atomic mass is 32.2. The van der Waals surface area contributed by atoms with Crippen molar-refractivity contribution in [1.29, 1.82) is 0 Å². The van der Waals surface area contributed by atoms with Crippen molar-refractivity contribution in [3.8, 4) is 0 Å². The van der Waals surface area contributed by atoms with Crippen molar-refractivity contribution < 1.29 is 29.4 Å². The molecule has 0 bridgehead atoms. The molecule has 3 amide bonds. The number of aliphatic hydroxyl groups excluding tert-OH is 1. The third kappa shape index (κ3) is 10.7. The van der Waals surface area contributed by atoms with Crippen LogP contribution in [-0.4, -0.2) is 88.2 Å². The van der Waals surface area contributed by atoms with E-state index < -0.39 is 54.0 Å². The molecule has 0 aliphatic heterocycles. The fraction of sp³-hybridized carbons (Fsp3) is 0.765. The molecule has 0 aliphatic rings. The van der Waals surface area contributed by atoms with E-state index in [1.165, 1.54) is 25.6 Å². The maximum Gasteiger partial charge on any atom is 0.325 e. The summed E-state index contributed by atoms with van der Waals surface area (Å²) in [6, 6.07) is -4.27. The predicted octanol–water partition coefficient (Wildman–Crippen LogP) is -1.24. The number of carbonyl (C=O) groups excluding carboxylic acids is 3. The van der Waals surface area contributed by atoms with Gasteiger partial charge < -0.3 is 31.9 Å². The minimum atomic E-state index is -1.37. The first kappa shape index (κ1) is 27.5. The van der Waals surface area contributed by atoms with E-state index in [1.54, 1.807) is 11.8 Å². The highest BCUT2D eigenvalue weighted by Gasteiger charge is 2.31. The van der Waals surface area contributed by atoms with Gasteiger partial charge >= 0.3 is 5.97 Å². The van der Waals surface area contributed by atoms with E-state index in [9.17, 15) is 24.3 Å². The molecule has 0 radical (unpaired) electrons. The Morgan fingerprint density at radius 2 is 1.45 bits per heavy atom. The van der Waals surface area contributed by atoms with E-state index in [-0.39, 0.29) is 0 Å². The van der Waals surface area contributed by atoms with E-state index in [0.29, 0.717) is 24.3 Å². The summed E-state index contributed by atoms with van der Waals surface area (Å²) in [4.78, 5) is 48.1. The van der Waals surface area contributed by atoms with E-state index in [1.807, 2.05) is 12.5 Å². The van der Waals surface area contributed by atoms with Gasteiger partial charge in [-0.15, -0.1) is 0 Å². The van der Waals surface area contributed by atoms with E-state index in [4.69, 9.17) is 10.8 Å². The van der Waals surface area contributed by atoms with E-state index in [0.717, 1.165) is 0 Å². The van der Waals surface area contributed by atoms with Crippen LogP contribution in [-0.2, 0) is 19.2 Å². The van der Waals surface area contributed by atoms with E-state index in [2.05, 4.69) is 16.0 Å². The summed E-state index contributed by atoms with van der Waals surface area (Å²) in [5.74, 6) is -1.96. The van der Waals surface area contributed by atoms with Gasteiger partial charge in [0.05, 0.1) is 12.1 Å². The lowest BCUT2D eigenvalue weighted by atomic mass is 10.1. The van der Waals surface area contributed by atoms with Gasteiger partial charge in [0.25, 0.3) is 0 Å². The lowest BCUT2D eigenvalue weighted by Gasteiger charge is -2.26. The van der Waals surface area contributed by atoms with Gasteiger partial charge in [-0.1, -0.05) is 0 Å². The quantitative estimate of drug-likeness (QED) is 0.189. The number of aliphatic hydroxyl groups is 1. The lowest BCUT2D eigenvalue weighted by Crippen LogP contribution is -2.59. The van der Waals surface area contributed by atoms with Crippen LogP contribution >= 0.6 is 23.5 Å². The van der Waals surface area contributed by atoms with Crippen molar-refractivity contribution in [2.24, 2.45) is 5.73 Å². The number of rotatable bonds is 14. The molecule has 5 unspecified atom stereocenters. The molecule has 0 aromatic carbocycles. The van der Waals surface area contributed by atoms with Crippen LogP contribution in [0.25, 0.3) is 0 Å². The van der Waals surface area contributed by atoms with Gasteiger partial charge in [0, 0.05) is 0 Å². The largest absolute Gasteiger partial charge is 0.480 e. The third-order valence-electron chi connectivity index (χ3n) is 4.01. The molecule has 0 saturated carbocycles. The summed E-state index contributed by atoms with van der Waals surface area (Å²) in [5.41, 5.74) is 5.84. The van der Waals surface area contributed by atoms with Crippen molar-refractivity contribution in [3.63, 3.8) is 0 Å². The van der Waals surface area contributed by atoms with Gasteiger partial charge in [0.1, 0.15) is 18.1 Å². The number of hydrogen-bond acceptors (Lipinski definition) is 8. The Kier molecular flexibility index (Phi) is 13.7. The van der Waals surface area contributed by atoms with Crippen molar-refractivity contribution >= 4 is 47.2 Å². The van der Waals surface area contributed by atoms with Crippen LogP contribution in [0.3, 0.4) is 0 Å². The number of carboxylic acids is 1. The average molecular weight is 453 g/mol. The normalized spacial score (nSPS) is 16.1. The summed E-state index contributed by atoms with van der Waals surface area (Å²) in [5, 5.41) is 26.0. The molecular weight excluding hydrogens is 420 g/mol. The van der Waals surface area contributed by atoms with Crippen LogP contribution in [0.5, 0.6) is 0 Å². The van der Waals surface area contributed by atoms with Crippen molar-refractivity contribution in [1.82, 2.24) is 16.0 Å². The first-order chi connectivity index (χ1) is 13.5. The van der Waals surface area contributed by atoms with Gasteiger partial charge in [-0.05, 0) is 50.7 Å². The standard InChI is InChI=1S/C17H32N4O6S2/c1-9(17(26)27)19-16(25)13(10(2)22)21-15(24)12(6-8-29-4)20-14(23)11(18)5-7-28-3/h9-13,22H,5-8,18H2,1-4H3,(H,19,25)(H,20,23)(H,21,24)(H,26,27). The number of carboxylic acid groups (broad SMARTS) is 1. The van der Waals surface area contributed by atoms with E-state index >= 15 is 0 Å². The topological polar surface area (TPSA) is 171 Å². The molecule has 0 aromatic rings. The summed E-state index contributed by atoms with van der Waals surface area (Å²) in [6.45, 7) is 2.56. The number of thioether (sulfide) groups is 2. The molecule has 29 heavy (non-hydrogen) atoms. The molecule has 0 aromatic heterocycles. The molecule has 5 atom stereocenters. The molecule has 0 heterocycles. The molecular formula is C17H32N4O6S2. The van der Waals surface area contributed by atoms with Gasteiger partial charge in [-0.3, -0.25) is 19.2 Å². The molecule has 12 heteroatoms. The zero-order valence-corrected chi connectivity index (χ0v) is 18.8. The minimum Gasteiger partial charge on any atom is -0.480 e. The van der Waals surface area contributed by atoms with Gasteiger partial charge in [0.2, 0.25) is 17.7 Å². The van der Waals surface area contributed by atoms with Crippen LogP contribution in [0.15, 0.2) is 0 Å². The minimum absolute atomic E-state index is 0.299. The predicted molar refractivity (Wildman–Crippen MR) is 115 cm³/mol. The SMILES string of the molecule is CSCCC(N)C(=O)NC(CCSC)C(=O)NC(C(=O)NC(C)C(=O)O)C(C)O. The van der Waals surface area contributed by atoms with Crippen molar-refractivity contribution in [2.75, 3.05) is 24.0 Å². The molecule has 0 aliphatic carbocycles. The molecule has 168 valence electrons. The Bertz CT molecular complexity index is 564. The van der Waals surface area contributed by atoms with Crippen LogP contribution in [0.1, 0.15) is 26.7 Å². The number of aliphatic carboxylic acids is 1. The van der Waals surface area contributed by atoms with Crippen molar-refractivity contribution in [2.45, 2.75) is 57.0 Å². The number of carbonyl (C=O) groups is 4. The fourth-order valence-electron chi connectivity index (χ4n) is 2.18. The average Bonchev–Trinajstić information content (AvgIpc) is 2.66. The number of nitrogens with two attached hydrogens (primary N) is 1. The van der Waals surface area contributed by atoms with Crippen LogP contribution in [0.2, 0.25) is 0 Å². The maximum atomic E-state index is 12.7. The highest BCUT2D eigenvalue weighted by Crippen LogP contribution is 2.05.